The zero-order chi connectivity index (χ0) is 12.2. The van der Waals surface area contributed by atoms with Gasteiger partial charge in [-0.3, -0.25) is 4.79 Å². The van der Waals surface area contributed by atoms with Gasteiger partial charge in [-0.15, -0.1) is 0 Å². The van der Waals surface area contributed by atoms with E-state index in [1.165, 1.54) is 0 Å². The number of hydrogen-bond donors (Lipinski definition) is 0. The summed E-state index contributed by atoms with van der Waals surface area (Å²) in [7, 11) is -2.13. The highest BCUT2D eigenvalue weighted by atomic mass is 31.2. The van der Waals surface area contributed by atoms with Crippen LogP contribution in [0.1, 0.15) is 12.5 Å². The van der Waals surface area contributed by atoms with Crippen molar-refractivity contribution < 1.29 is 9.36 Å². The highest BCUT2D eigenvalue weighted by molar-refractivity contribution is 7.62. The van der Waals surface area contributed by atoms with Gasteiger partial charge in [0.1, 0.15) is 5.78 Å². The second-order valence-electron chi connectivity index (χ2n) is 4.75. The topological polar surface area (TPSA) is 34.1 Å². The van der Waals surface area contributed by atoms with Crippen molar-refractivity contribution in [2.75, 3.05) is 19.5 Å². The van der Waals surface area contributed by atoms with Gasteiger partial charge in [-0.2, -0.15) is 0 Å². The number of carbonyl (C=O) groups excluding carboxylic acids is 1. The molecule has 0 aliphatic heterocycles. The lowest BCUT2D eigenvalue weighted by Gasteiger charge is -2.16. The molecule has 1 aromatic carbocycles. The highest BCUT2D eigenvalue weighted by Crippen LogP contribution is 2.39. The zero-order valence-electron chi connectivity index (χ0n) is 10.1. The molecule has 1 atom stereocenters. The van der Waals surface area contributed by atoms with Crippen LogP contribution >= 0.6 is 7.14 Å². The molecule has 3 heteroatoms. The van der Waals surface area contributed by atoms with Gasteiger partial charge in [-0.05, 0) is 32.2 Å². The number of Topliss-reactive ketones (excluding diaryl/α,β-unsaturated/α-hetero) is 1. The van der Waals surface area contributed by atoms with Crippen LogP contribution in [0.2, 0.25) is 0 Å². The Labute approximate surface area is 97.4 Å². The van der Waals surface area contributed by atoms with E-state index in [9.17, 15) is 9.36 Å². The van der Waals surface area contributed by atoms with Crippen LogP contribution in [0.4, 0.5) is 0 Å². The fourth-order valence-electron chi connectivity index (χ4n) is 1.77. The Balaban J connectivity index is 2.73. The molecule has 0 heterocycles. The molecular weight excluding hydrogens is 219 g/mol. The molecule has 0 fully saturated rings. The van der Waals surface area contributed by atoms with Crippen LogP contribution in [0.5, 0.6) is 0 Å². The first-order chi connectivity index (χ1) is 7.38. The summed E-state index contributed by atoms with van der Waals surface area (Å²) < 4.78 is 11.8. The fraction of sp³-hybridized carbons (Fsp3) is 0.462. The van der Waals surface area contributed by atoms with Crippen molar-refractivity contribution in [1.82, 2.24) is 0 Å². The molecule has 0 radical (unpaired) electrons. The molecular formula is C13H19O2P. The second-order valence-corrected chi connectivity index (χ2v) is 8.27. The van der Waals surface area contributed by atoms with Crippen molar-refractivity contribution >= 4 is 12.9 Å². The molecule has 0 aliphatic carbocycles. The van der Waals surface area contributed by atoms with Crippen LogP contribution in [0.3, 0.4) is 0 Å². The largest absolute Gasteiger partial charge is 0.324 e. The molecule has 0 saturated carbocycles. The van der Waals surface area contributed by atoms with Crippen molar-refractivity contribution in [3.05, 3.63) is 35.9 Å². The smallest absolute Gasteiger partial charge is 0.133 e. The number of hydrogen-bond acceptors (Lipinski definition) is 2. The average molecular weight is 238 g/mol. The molecule has 0 saturated heterocycles. The fourth-order valence-corrected chi connectivity index (χ4v) is 3.21. The van der Waals surface area contributed by atoms with E-state index in [-0.39, 0.29) is 11.7 Å². The molecule has 0 spiro atoms. The lowest BCUT2D eigenvalue weighted by Crippen LogP contribution is -2.18. The minimum atomic E-state index is -2.13. The second kappa shape index (κ2) is 5.45. The molecule has 0 amide bonds. The Bertz CT molecular complexity index is 392. The van der Waals surface area contributed by atoms with E-state index in [1.54, 1.807) is 20.3 Å². The van der Waals surface area contributed by atoms with E-state index in [4.69, 9.17) is 0 Å². The molecule has 0 N–H and O–H groups in total. The van der Waals surface area contributed by atoms with E-state index in [0.29, 0.717) is 12.6 Å². The third kappa shape index (κ3) is 4.76. The van der Waals surface area contributed by atoms with Crippen LogP contribution in [0, 0.1) is 5.92 Å². The first-order valence-corrected chi connectivity index (χ1v) is 8.25. The van der Waals surface area contributed by atoms with E-state index < -0.39 is 7.14 Å². The summed E-state index contributed by atoms with van der Waals surface area (Å²) in [5, 5.41) is 0. The van der Waals surface area contributed by atoms with Crippen LogP contribution in [0.15, 0.2) is 30.3 Å². The zero-order valence-corrected chi connectivity index (χ0v) is 11.0. The summed E-state index contributed by atoms with van der Waals surface area (Å²) in [5.74, 6) is 0.0241. The van der Waals surface area contributed by atoms with Crippen LogP contribution in [-0.4, -0.2) is 25.3 Å². The maximum absolute atomic E-state index is 11.8. The minimum absolute atomic E-state index is 0.108. The Kier molecular flexibility index (Phi) is 4.49. The first kappa shape index (κ1) is 13.2. The Hall–Kier alpha value is -0.880. The van der Waals surface area contributed by atoms with Gasteiger partial charge in [-0.1, -0.05) is 30.3 Å². The van der Waals surface area contributed by atoms with Crippen LogP contribution < -0.4 is 0 Å². The standard InChI is InChI=1S/C13H19O2P/c1-11(14)13(10-16(2,3)15)9-12-7-5-4-6-8-12/h4-8,13H,9-10H2,1-3H3. The highest BCUT2D eigenvalue weighted by Gasteiger charge is 2.21. The van der Waals surface area contributed by atoms with E-state index >= 15 is 0 Å². The summed E-state index contributed by atoms with van der Waals surface area (Å²) in [5.41, 5.74) is 1.14. The summed E-state index contributed by atoms with van der Waals surface area (Å²) in [4.78, 5) is 11.5. The molecule has 1 rings (SSSR count). The van der Waals surface area contributed by atoms with Gasteiger partial charge in [0.25, 0.3) is 0 Å². The number of rotatable bonds is 5. The molecule has 0 aliphatic rings. The summed E-state index contributed by atoms with van der Waals surface area (Å²) in [6, 6.07) is 9.89. The molecule has 0 bridgehead atoms. The van der Waals surface area contributed by atoms with Gasteiger partial charge in [0, 0.05) is 12.1 Å². The molecule has 2 nitrogen and oxygen atoms in total. The number of ketones is 1. The number of benzene rings is 1. The van der Waals surface area contributed by atoms with Gasteiger partial charge in [0.15, 0.2) is 0 Å². The first-order valence-electron chi connectivity index (χ1n) is 5.47. The van der Waals surface area contributed by atoms with Crippen LogP contribution in [0.25, 0.3) is 0 Å². The van der Waals surface area contributed by atoms with E-state index in [1.807, 2.05) is 30.3 Å². The Morgan fingerprint density at radius 3 is 2.25 bits per heavy atom. The van der Waals surface area contributed by atoms with Crippen molar-refractivity contribution in [3.8, 4) is 0 Å². The third-order valence-electron chi connectivity index (χ3n) is 2.56. The Morgan fingerprint density at radius 2 is 1.81 bits per heavy atom. The summed E-state index contributed by atoms with van der Waals surface area (Å²) in [6.45, 7) is 5.07. The predicted octanol–water partition coefficient (Wildman–Crippen LogP) is 3.06. The normalized spacial score (nSPS) is 13.4. The van der Waals surface area contributed by atoms with Gasteiger partial charge in [-0.25, -0.2) is 0 Å². The predicted molar refractivity (Wildman–Crippen MR) is 68.6 cm³/mol. The SMILES string of the molecule is CC(=O)C(Cc1ccccc1)CP(C)(C)=O. The van der Waals surface area contributed by atoms with Crippen LogP contribution in [-0.2, 0) is 15.8 Å². The maximum Gasteiger partial charge on any atom is 0.133 e. The van der Waals surface area contributed by atoms with Gasteiger partial charge in [0.05, 0.1) is 7.14 Å². The van der Waals surface area contributed by atoms with E-state index in [0.717, 1.165) is 5.56 Å². The van der Waals surface area contributed by atoms with E-state index in [2.05, 4.69) is 0 Å². The summed E-state index contributed by atoms with van der Waals surface area (Å²) in [6.07, 6.45) is 1.21. The van der Waals surface area contributed by atoms with Gasteiger partial charge < -0.3 is 4.57 Å². The lowest BCUT2D eigenvalue weighted by atomic mass is 9.98. The molecule has 1 aromatic rings. The van der Waals surface area contributed by atoms with Crippen molar-refractivity contribution in [2.24, 2.45) is 5.92 Å². The average Bonchev–Trinajstić information content (AvgIpc) is 2.16. The monoisotopic (exact) mass is 238 g/mol. The van der Waals surface area contributed by atoms with Crippen molar-refractivity contribution in [2.45, 2.75) is 13.3 Å². The molecule has 1 unspecified atom stereocenters. The van der Waals surface area contributed by atoms with Crippen molar-refractivity contribution in [1.29, 1.82) is 0 Å². The minimum Gasteiger partial charge on any atom is -0.324 e. The van der Waals surface area contributed by atoms with Gasteiger partial charge in [0.2, 0.25) is 0 Å². The molecule has 0 aromatic heterocycles. The quantitative estimate of drug-likeness (QED) is 0.739. The van der Waals surface area contributed by atoms with Gasteiger partial charge >= 0.3 is 0 Å². The van der Waals surface area contributed by atoms with Crippen molar-refractivity contribution in [3.63, 3.8) is 0 Å². The molecule has 16 heavy (non-hydrogen) atoms. The molecule has 88 valence electrons. The summed E-state index contributed by atoms with van der Waals surface area (Å²) >= 11 is 0. The lowest BCUT2D eigenvalue weighted by molar-refractivity contribution is -0.120. The Morgan fingerprint density at radius 1 is 1.25 bits per heavy atom. The number of carbonyl (C=O) groups is 1. The maximum atomic E-state index is 11.8. The third-order valence-corrected chi connectivity index (χ3v) is 3.88.